The lowest BCUT2D eigenvalue weighted by Crippen LogP contribution is -2.51. The molecule has 0 unspecified atom stereocenters. The molecule has 0 atom stereocenters. The molecule has 2 aliphatic rings. The van der Waals surface area contributed by atoms with Gasteiger partial charge in [-0.05, 0) is 31.0 Å². The molecule has 6 nitrogen and oxygen atoms in total. The molecule has 0 bridgehead atoms. The minimum absolute atomic E-state index is 0.117. The van der Waals surface area contributed by atoms with Gasteiger partial charge in [-0.2, -0.15) is 0 Å². The highest BCUT2D eigenvalue weighted by Gasteiger charge is 2.34. The molecular weight excluding hydrogens is 330 g/mol. The van der Waals surface area contributed by atoms with Crippen molar-refractivity contribution in [2.45, 2.75) is 12.8 Å². The van der Waals surface area contributed by atoms with Crippen LogP contribution in [-0.2, 0) is 14.4 Å². The number of benzene rings is 1. The van der Waals surface area contributed by atoms with Gasteiger partial charge in [0.05, 0.1) is 6.54 Å². The van der Waals surface area contributed by atoms with Crippen molar-refractivity contribution in [2.24, 2.45) is 5.92 Å². The zero-order valence-corrected chi connectivity index (χ0v) is 14.1. The Morgan fingerprint density at radius 3 is 2.46 bits per heavy atom. The molecule has 7 heteroatoms. The summed E-state index contributed by atoms with van der Waals surface area (Å²) < 4.78 is 0. The molecule has 24 heavy (non-hydrogen) atoms. The molecule has 0 spiro atoms. The number of ketones is 1. The Kier molecular flexibility index (Phi) is 5.04. The van der Waals surface area contributed by atoms with Gasteiger partial charge in [0, 0.05) is 42.8 Å². The van der Waals surface area contributed by atoms with Gasteiger partial charge < -0.3 is 15.1 Å². The number of halogens is 1. The number of carbonyl (C=O) groups is 3. The van der Waals surface area contributed by atoms with Gasteiger partial charge in [0.2, 0.25) is 11.7 Å². The molecule has 1 saturated carbocycles. The second kappa shape index (κ2) is 7.21. The third kappa shape index (κ3) is 4.06. The van der Waals surface area contributed by atoms with Crippen molar-refractivity contribution in [1.29, 1.82) is 0 Å². The maximum absolute atomic E-state index is 12.2. The lowest BCUT2D eigenvalue weighted by molar-refractivity contribution is -0.140. The van der Waals surface area contributed by atoms with Crippen LogP contribution < -0.4 is 10.2 Å². The standard InChI is InChI=1S/C17H20ClN3O3/c18-13-2-1-3-14(10-13)20-6-8-21(9-7-20)15(22)11-19-17(24)16(23)12-4-5-12/h1-3,10,12H,4-9,11H2,(H,19,24). The Balaban J connectivity index is 1.44. The third-order valence-electron chi connectivity index (χ3n) is 4.38. The summed E-state index contributed by atoms with van der Waals surface area (Å²) in [7, 11) is 0. The van der Waals surface area contributed by atoms with Crippen LogP contribution >= 0.6 is 11.6 Å². The lowest BCUT2D eigenvalue weighted by Gasteiger charge is -2.36. The normalized spacial score (nSPS) is 17.5. The van der Waals surface area contributed by atoms with Crippen LogP contribution in [0.1, 0.15) is 12.8 Å². The molecule has 1 aliphatic carbocycles. The fourth-order valence-corrected chi connectivity index (χ4v) is 2.96. The number of amides is 2. The molecule has 1 heterocycles. The Labute approximate surface area is 145 Å². The highest BCUT2D eigenvalue weighted by Crippen LogP contribution is 2.29. The Hall–Kier alpha value is -2.08. The molecule has 1 aromatic carbocycles. The van der Waals surface area contributed by atoms with E-state index in [0.29, 0.717) is 31.2 Å². The van der Waals surface area contributed by atoms with Crippen LogP contribution in [0.4, 0.5) is 5.69 Å². The van der Waals surface area contributed by atoms with E-state index in [2.05, 4.69) is 10.2 Å². The maximum atomic E-state index is 12.2. The number of nitrogens with zero attached hydrogens (tertiary/aromatic N) is 2. The highest BCUT2D eigenvalue weighted by molar-refractivity contribution is 6.37. The number of piperazine rings is 1. The number of hydrogen-bond acceptors (Lipinski definition) is 4. The van der Waals surface area contributed by atoms with Gasteiger partial charge in [-0.1, -0.05) is 17.7 Å². The summed E-state index contributed by atoms with van der Waals surface area (Å²) in [6, 6.07) is 7.63. The van der Waals surface area contributed by atoms with E-state index in [9.17, 15) is 14.4 Å². The lowest BCUT2D eigenvalue weighted by atomic mass is 10.2. The average molecular weight is 350 g/mol. The smallest absolute Gasteiger partial charge is 0.288 e. The first kappa shape index (κ1) is 16.8. The number of hydrogen-bond donors (Lipinski definition) is 1. The van der Waals surface area contributed by atoms with Crippen LogP contribution in [0.25, 0.3) is 0 Å². The summed E-state index contributed by atoms with van der Waals surface area (Å²) >= 11 is 6.01. The summed E-state index contributed by atoms with van der Waals surface area (Å²) in [6.07, 6.45) is 1.57. The molecule has 0 radical (unpaired) electrons. The second-order valence-electron chi connectivity index (χ2n) is 6.17. The first-order chi connectivity index (χ1) is 11.5. The quantitative estimate of drug-likeness (QED) is 0.808. The minimum atomic E-state index is -0.636. The molecule has 0 aromatic heterocycles. The zero-order valence-electron chi connectivity index (χ0n) is 13.3. The van der Waals surface area contributed by atoms with Gasteiger partial charge >= 0.3 is 0 Å². The largest absolute Gasteiger partial charge is 0.368 e. The third-order valence-corrected chi connectivity index (χ3v) is 4.61. The molecule has 1 saturated heterocycles. The topological polar surface area (TPSA) is 69.7 Å². The van der Waals surface area contributed by atoms with E-state index in [4.69, 9.17) is 11.6 Å². The van der Waals surface area contributed by atoms with Crippen LogP contribution in [0.5, 0.6) is 0 Å². The predicted molar refractivity (Wildman–Crippen MR) is 91.0 cm³/mol. The summed E-state index contributed by atoms with van der Waals surface area (Å²) in [5.74, 6) is -1.31. The Bertz CT molecular complexity index is 652. The number of anilines is 1. The predicted octanol–water partition coefficient (Wildman–Crippen LogP) is 1.08. The van der Waals surface area contributed by atoms with Crippen LogP contribution in [-0.4, -0.2) is 55.2 Å². The van der Waals surface area contributed by atoms with E-state index in [-0.39, 0.29) is 18.4 Å². The van der Waals surface area contributed by atoms with E-state index in [1.165, 1.54) is 0 Å². The minimum Gasteiger partial charge on any atom is -0.368 e. The van der Waals surface area contributed by atoms with Crippen molar-refractivity contribution in [3.63, 3.8) is 0 Å². The number of carbonyl (C=O) groups excluding carboxylic acids is 3. The summed E-state index contributed by atoms with van der Waals surface area (Å²) in [6.45, 7) is 2.46. The summed E-state index contributed by atoms with van der Waals surface area (Å²) in [5, 5.41) is 3.13. The van der Waals surface area contributed by atoms with Crippen molar-refractivity contribution in [2.75, 3.05) is 37.6 Å². The van der Waals surface area contributed by atoms with E-state index >= 15 is 0 Å². The maximum Gasteiger partial charge on any atom is 0.288 e. The molecule has 2 fully saturated rings. The molecular formula is C17H20ClN3O3. The first-order valence-electron chi connectivity index (χ1n) is 8.15. The van der Waals surface area contributed by atoms with E-state index < -0.39 is 11.7 Å². The average Bonchev–Trinajstić information content (AvgIpc) is 3.44. The number of nitrogens with one attached hydrogen (secondary N) is 1. The van der Waals surface area contributed by atoms with Gasteiger partial charge in [-0.15, -0.1) is 0 Å². The monoisotopic (exact) mass is 349 g/mol. The van der Waals surface area contributed by atoms with Crippen LogP contribution in [0.15, 0.2) is 24.3 Å². The van der Waals surface area contributed by atoms with Crippen molar-refractivity contribution < 1.29 is 14.4 Å². The van der Waals surface area contributed by atoms with E-state index in [1.807, 2.05) is 24.3 Å². The molecule has 1 aromatic rings. The van der Waals surface area contributed by atoms with Gasteiger partial charge in [0.1, 0.15) is 0 Å². The van der Waals surface area contributed by atoms with Crippen LogP contribution in [0.3, 0.4) is 0 Å². The molecule has 2 amide bonds. The van der Waals surface area contributed by atoms with Crippen molar-refractivity contribution in [3.05, 3.63) is 29.3 Å². The second-order valence-corrected chi connectivity index (χ2v) is 6.61. The van der Waals surface area contributed by atoms with Crippen molar-refractivity contribution in [1.82, 2.24) is 10.2 Å². The molecule has 1 aliphatic heterocycles. The highest BCUT2D eigenvalue weighted by atomic mass is 35.5. The zero-order chi connectivity index (χ0) is 17.1. The van der Waals surface area contributed by atoms with Gasteiger partial charge in [0.15, 0.2) is 0 Å². The van der Waals surface area contributed by atoms with E-state index in [0.717, 1.165) is 18.5 Å². The van der Waals surface area contributed by atoms with Gasteiger partial charge in [0.25, 0.3) is 5.91 Å². The fourth-order valence-electron chi connectivity index (χ4n) is 2.77. The SMILES string of the molecule is O=C(NCC(=O)N1CCN(c2cccc(Cl)c2)CC1)C(=O)C1CC1. The van der Waals surface area contributed by atoms with Crippen LogP contribution in [0.2, 0.25) is 5.02 Å². The number of Topliss-reactive ketones (excluding diaryl/α,β-unsaturated/α-hetero) is 1. The Morgan fingerprint density at radius 1 is 1.12 bits per heavy atom. The molecule has 128 valence electrons. The van der Waals surface area contributed by atoms with Crippen molar-refractivity contribution >= 4 is 34.9 Å². The Morgan fingerprint density at radius 2 is 1.83 bits per heavy atom. The summed E-state index contributed by atoms with van der Waals surface area (Å²) in [5.41, 5.74) is 1.04. The van der Waals surface area contributed by atoms with Crippen LogP contribution in [0, 0.1) is 5.92 Å². The first-order valence-corrected chi connectivity index (χ1v) is 8.53. The molecule has 3 rings (SSSR count). The van der Waals surface area contributed by atoms with E-state index in [1.54, 1.807) is 4.90 Å². The van der Waals surface area contributed by atoms with Gasteiger partial charge in [-0.25, -0.2) is 0 Å². The van der Waals surface area contributed by atoms with Gasteiger partial charge in [-0.3, -0.25) is 14.4 Å². The van der Waals surface area contributed by atoms with Crippen molar-refractivity contribution in [3.8, 4) is 0 Å². The fraction of sp³-hybridized carbons (Fsp3) is 0.471. The number of rotatable bonds is 5. The summed E-state index contributed by atoms with van der Waals surface area (Å²) in [4.78, 5) is 39.2. The molecule has 1 N–H and O–H groups in total.